The summed E-state index contributed by atoms with van der Waals surface area (Å²) in [6, 6.07) is 66.9. The molecule has 0 aliphatic heterocycles. The number of hydrogen-bond donors (Lipinski definition) is 0. The molecule has 0 spiro atoms. The van der Waals surface area contributed by atoms with Crippen molar-refractivity contribution in [1.82, 2.24) is 0 Å². The lowest BCUT2D eigenvalue weighted by Gasteiger charge is -2.26. The number of hydrogen-bond acceptors (Lipinski definition) is 2. The summed E-state index contributed by atoms with van der Waals surface area (Å²) in [6.45, 7) is 0. The van der Waals surface area contributed by atoms with Crippen molar-refractivity contribution >= 4 is 49.8 Å². The number of furan rings is 1. The van der Waals surface area contributed by atoms with Crippen LogP contribution in [0.25, 0.3) is 66.1 Å². The van der Waals surface area contributed by atoms with Gasteiger partial charge < -0.3 is 9.32 Å². The normalized spacial score (nSPS) is 11.3. The third kappa shape index (κ3) is 4.92. The molecule has 9 aromatic rings. The summed E-state index contributed by atoms with van der Waals surface area (Å²) in [7, 11) is 0. The van der Waals surface area contributed by atoms with Crippen LogP contribution in [0, 0.1) is 0 Å². The van der Waals surface area contributed by atoms with E-state index < -0.39 is 0 Å². The summed E-state index contributed by atoms with van der Waals surface area (Å²) in [5, 5.41) is 4.71. The molecule has 0 bridgehead atoms. The Morgan fingerprint density at radius 2 is 0.896 bits per heavy atom. The first-order valence-corrected chi connectivity index (χ1v) is 16.3. The first kappa shape index (κ1) is 27.9. The smallest absolute Gasteiger partial charge is 0.136 e. The van der Waals surface area contributed by atoms with Gasteiger partial charge in [-0.05, 0) is 87.3 Å². The van der Waals surface area contributed by atoms with Gasteiger partial charge in [-0.1, -0.05) is 140 Å². The zero-order valence-electron chi connectivity index (χ0n) is 26.3. The predicted molar refractivity (Wildman–Crippen MR) is 202 cm³/mol. The van der Waals surface area contributed by atoms with Crippen molar-refractivity contribution in [3.63, 3.8) is 0 Å². The van der Waals surface area contributed by atoms with Gasteiger partial charge in [0.25, 0.3) is 0 Å². The highest BCUT2D eigenvalue weighted by molar-refractivity contribution is 6.22. The van der Waals surface area contributed by atoms with Crippen molar-refractivity contribution in [2.24, 2.45) is 0 Å². The Bertz CT molecular complexity index is 2450. The van der Waals surface area contributed by atoms with Crippen LogP contribution in [0.3, 0.4) is 0 Å². The van der Waals surface area contributed by atoms with Crippen LogP contribution < -0.4 is 4.90 Å². The summed E-state index contributed by atoms with van der Waals surface area (Å²) < 4.78 is 6.30. The highest BCUT2D eigenvalue weighted by atomic mass is 16.3. The van der Waals surface area contributed by atoms with Gasteiger partial charge in [-0.2, -0.15) is 0 Å². The number of benzene rings is 8. The molecule has 0 fully saturated rings. The number of nitrogens with zero attached hydrogens (tertiary/aromatic N) is 1. The second-order valence-corrected chi connectivity index (χ2v) is 12.2. The Kier molecular flexibility index (Phi) is 6.84. The molecule has 0 aliphatic rings. The van der Waals surface area contributed by atoms with Crippen molar-refractivity contribution in [2.45, 2.75) is 0 Å². The fourth-order valence-corrected chi connectivity index (χ4v) is 6.96. The maximum atomic E-state index is 6.30. The van der Waals surface area contributed by atoms with Crippen molar-refractivity contribution in [3.8, 4) is 33.4 Å². The Morgan fingerprint density at radius 3 is 1.56 bits per heavy atom. The van der Waals surface area contributed by atoms with Gasteiger partial charge in [0.15, 0.2) is 0 Å². The van der Waals surface area contributed by atoms with Gasteiger partial charge in [0.05, 0.1) is 0 Å². The van der Waals surface area contributed by atoms with Gasteiger partial charge >= 0.3 is 0 Å². The average molecular weight is 614 g/mol. The van der Waals surface area contributed by atoms with Gasteiger partial charge in [0.2, 0.25) is 0 Å². The molecule has 1 heterocycles. The summed E-state index contributed by atoms with van der Waals surface area (Å²) >= 11 is 0. The van der Waals surface area contributed by atoms with Crippen LogP contribution in [0.15, 0.2) is 192 Å². The second-order valence-electron chi connectivity index (χ2n) is 12.2. The predicted octanol–water partition coefficient (Wildman–Crippen LogP) is 13.2. The van der Waals surface area contributed by atoms with Crippen molar-refractivity contribution in [1.29, 1.82) is 0 Å². The van der Waals surface area contributed by atoms with Gasteiger partial charge in [-0.25, -0.2) is 0 Å². The fraction of sp³-hybridized carbons (Fsp3) is 0. The summed E-state index contributed by atoms with van der Waals surface area (Å²) in [6.07, 6.45) is 0. The molecule has 0 saturated heterocycles. The molecule has 9 rings (SSSR count). The van der Waals surface area contributed by atoms with Crippen LogP contribution in [0.4, 0.5) is 17.1 Å². The van der Waals surface area contributed by atoms with E-state index in [0.29, 0.717) is 0 Å². The zero-order valence-corrected chi connectivity index (χ0v) is 26.3. The molecular weight excluding hydrogens is 583 g/mol. The van der Waals surface area contributed by atoms with E-state index in [-0.39, 0.29) is 0 Å². The van der Waals surface area contributed by atoms with E-state index in [9.17, 15) is 0 Å². The Hall–Kier alpha value is -6.38. The molecular formula is C46H31NO. The van der Waals surface area contributed by atoms with Crippen LogP contribution >= 0.6 is 0 Å². The highest BCUT2D eigenvalue weighted by Crippen LogP contribution is 2.42. The van der Waals surface area contributed by atoms with Crippen LogP contribution in [-0.4, -0.2) is 0 Å². The Labute approximate surface area is 279 Å². The summed E-state index contributed by atoms with van der Waals surface area (Å²) in [5.41, 5.74) is 12.2. The maximum absolute atomic E-state index is 6.30. The molecule has 0 amide bonds. The molecule has 0 N–H and O–H groups in total. The highest BCUT2D eigenvalue weighted by Gasteiger charge is 2.17. The largest absolute Gasteiger partial charge is 0.456 e. The van der Waals surface area contributed by atoms with Crippen LogP contribution in [-0.2, 0) is 0 Å². The van der Waals surface area contributed by atoms with Crippen LogP contribution in [0.1, 0.15) is 0 Å². The number of para-hydroxylation sites is 1. The third-order valence-electron chi connectivity index (χ3n) is 9.26. The minimum atomic E-state index is 0.908. The number of rotatable bonds is 6. The van der Waals surface area contributed by atoms with Crippen molar-refractivity contribution in [3.05, 3.63) is 188 Å². The zero-order chi connectivity index (χ0) is 31.9. The fourth-order valence-electron chi connectivity index (χ4n) is 6.96. The quantitative estimate of drug-likeness (QED) is 0.185. The molecule has 0 saturated carbocycles. The van der Waals surface area contributed by atoms with Crippen LogP contribution in [0.2, 0.25) is 0 Å². The minimum Gasteiger partial charge on any atom is -0.456 e. The molecule has 0 radical (unpaired) electrons. The van der Waals surface area contributed by atoms with E-state index in [1.54, 1.807) is 0 Å². The minimum absolute atomic E-state index is 0.908. The lowest BCUT2D eigenvalue weighted by Crippen LogP contribution is -2.10. The molecule has 2 heteroatoms. The Morgan fingerprint density at radius 1 is 0.333 bits per heavy atom. The lowest BCUT2D eigenvalue weighted by molar-refractivity contribution is 0.669. The standard InChI is InChI=1S/C46H31NO/c1-3-11-32(12-4-1)34-21-26-38(27-22-34)47(39-28-23-35(24-29-39)33-13-5-2-6-14-33)40-17-9-16-37(31-40)41-19-10-15-36-25-30-44-46(45(36)41)42-18-7-8-20-43(42)48-44/h1-31H. The van der Waals surface area contributed by atoms with E-state index in [2.05, 4.69) is 187 Å². The van der Waals surface area contributed by atoms with E-state index in [0.717, 1.165) is 44.6 Å². The first-order valence-electron chi connectivity index (χ1n) is 16.3. The van der Waals surface area contributed by atoms with E-state index in [1.807, 2.05) is 6.07 Å². The molecule has 0 unspecified atom stereocenters. The topological polar surface area (TPSA) is 16.4 Å². The van der Waals surface area contributed by atoms with Gasteiger partial charge in [-0.3, -0.25) is 0 Å². The monoisotopic (exact) mass is 613 g/mol. The molecule has 1 aromatic heterocycles. The third-order valence-corrected chi connectivity index (χ3v) is 9.26. The molecule has 226 valence electrons. The summed E-state index contributed by atoms with van der Waals surface area (Å²) in [5.74, 6) is 0. The van der Waals surface area contributed by atoms with Crippen molar-refractivity contribution in [2.75, 3.05) is 4.90 Å². The average Bonchev–Trinajstić information content (AvgIpc) is 3.55. The SMILES string of the molecule is c1ccc(-c2ccc(N(c3ccc(-c4ccccc4)cc3)c3cccc(-c4cccc5ccc6oc7ccccc7c6c45)c3)cc2)cc1. The molecule has 2 nitrogen and oxygen atoms in total. The Balaban J connectivity index is 1.20. The van der Waals surface area contributed by atoms with Crippen LogP contribution in [0.5, 0.6) is 0 Å². The van der Waals surface area contributed by atoms with Gasteiger partial charge in [0, 0.05) is 33.2 Å². The maximum Gasteiger partial charge on any atom is 0.136 e. The lowest BCUT2D eigenvalue weighted by atomic mass is 9.94. The first-order chi connectivity index (χ1) is 23.8. The van der Waals surface area contributed by atoms with Crippen molar-refractivity contribution < 1.29 is 4.42 Å². The van der Waals surface area contributed by atoms with E-state index in [4.69, 9.17) is 4.42 Å². The van der Waals surface area contributed by atoms with E-state index >= 15 is 0 Å². The molecule has 8 aromatic carbocycles. The molecule has 0 aliphatic carbocycles. The van der Waals surface area contributed by atoms with Gasteiger partial charge in [0.1, 0.15) is 11.2 Å². The molecule has 48 heavy (non-hydrogen) atoms. The molecule has 0 atom stereocenters. The summed E-state index contributed by atoms with van der Waals surface area (Å²) in [4.78, 5) is 2.35. The number of anilines is 3. The van der Waals surface area contributed by atoms with Gasteiger partial charge in [-0.15, -0.1) is 0 Å². The number of fused-ring (bicyclic) bond motifs is 5. The van der Waals surface area contributed by atoms with E-state index in [1.165, 1.54) is 38.6 Å². The second kappa shape index (κ2) is 11.8.